The van der Waals surface area contributed by atoms with Crippen LogP contribution in [-0.4, -0.2) is 16.8 Å². The van der Waals surface area contributed by atoms with Crippen molar-refractivity contribution in [3.63, 3.8) is 0 Å². The average Bonchev–Trinajstić information content (AvgIpc) is 3.06. The van der Waals surface area contributed by atoms with E-state index >= 15 is 0 Å². The summed E-state index contributed by atoms with van der Waals surface area (Å²) in [6.45, 7) is 4.68. The van der Waals surface area contributed by atoms with E-state index in [1.54, 1.807) is 23.5 Å². The number of benzene rings is 1. The predicted molar refractivity (Wildman–Crippen MR) is 94.1 cm³/mol. The molecule has 0 spiro atoms. The Hall–Kier alpha value is -2.12. The van der Waals surface area contributed by atoms with Gasteiger partial charge in [0.1, 0.15) is 0 Å². The summed E-state index contributed by atoms with van der Waals surface area (Å²) in [7, 11) is 0. The van der Waals surface area contributed by atoms with Gasteiger partial charge < -0.3 is 4.90 Å². The number of carbonyl (C=O) groups is 1. The topological polar surface area (TPSA) is 44.1 Å². The number of nitriles is 1. The summed E-state index contributed by atoms with van der Waals surface area (Å²) in [5.41, 5.74) is 1.71. The minimum atomic E-state index is 0.167. The normalized spacial score (nSPS) is 10.5. The lowest BCUT2D eigenvalue weighted by Gasteiger charge is -2.27. The van der Waals surface area contributed by atoms with Crippen LogP contribution in [0, 0.1) is 11.3 Å². The van der Waals surface area contributed by atoms with Crippen LogP contribution in [0.3, 0.4) is 0 Å². The standard InChI is InChI=1S/C19H22N2OS/c1-15(2)21(14-17-10-8-16(13-20)9-11-17)19(22)7-3-5-18-6-4-12-23-18/h4,6,8-12,15H,3,5,7,14H2,1-2H3. The molecule has 1 amide bonds. The number of rotatable bonds is 7. The number of carbonyl (C=O) groups excluding carboxylic acids is 1. The fraction of sp³-hybridized carbons (Fsp3) is 0.368. The van der Waals surface area contributed by atoms with Gasteiger partial charge in [-0.25, -0.2) is 0 Å². The Bertz CT molecular complexity index is 654. The highest BCUT2D eigenvalue weighted by molar-refractivity contribution is 7.09. The lowest BCUT2D eigenvalue weighted by Crippen LogP contribution is -2.36. The first kappa shape index (κ1) is 17.2. The minimum Gasteiger partial charge on any atom is -0.336 e. The third-order valence-corrected chi connectivity index (χ3v) is 4.71. The minimum absolute atomic E-state index is 0.167. The van der Waals surface area contributed by atoms with Gasteiger partial charge in [-0.05, 0) is 55.8 Å². The molecule has 120 valence electrons. The molecule has 0 bridgehead atoms. The Morgan fingerprint density at radius 2 is 2.00 bits per heavy atom. The molecule has 3 nitrogen and oxygen atoms in total. The number of nitrogens with zero attached hydrogens (tertiary/aromatic N) is 2. The van der Waals surface area contributed by atoms with Crippen molar-refractivity contribution in [2.75, 3.05) is 0 Å². The first-order valence-electron chi connectivity index (χ1n) is 7.91. The van der Waals surface area contributed by atoms with Crippen LogP contribution < -0.4 is 0 Å². The highest BCUT2D eigenvalue weighted by Gasteiger charge is 2.17. The Labute approximate surface area is 142 Å². The molecule has 0 N–H and O–H groups in total. The number of hydrogen-bond donors (Lipinski definition) is 0. The summed E-state index contributed by atoms with van der Waals surface area (Å²) >= 11 is 1.74. The predicted octanol–water partition coefficient (Wildman–Crippen LogP) is 4.38. The molecule has 2 rings (SSSR count). The number of thiophene rings is 1. The second-order valence-corrected chi connectivity index (χ2v) is 6.89. The van der Waals surface area contributed by atoms with Gasteiger partial charge >= 0.3 is 0 Å². The number of hydrogen-bond acceptors (Lipinski definition) is 3. The largest absolute Gasteiger partial charge is 0.336 e. The van der Waals surface area contributed by atoms with Crippen LogP contribution in [0.5, 0.6) is 0 Å². The Balaban J connectivity index is 1.91. The molecular weight excluding hydrogens is 304 g/mol. The lowest BCUT2D eigenvalue weighted by molar-refractivity contribution is -0.133. The summed E-state index contributed by atoms with van der Waals surface area (Å²) < 4.78 is 0. The maximum atomic E-state index is 12.5. The van der Waals surface area contributed by atoms with Gasteiger partial charge in [0.25, 0.3) is 0 Å². The van der Waals surface area contributed by atoms with Gasteiger partial charge in [0, 0.05) is 23.9 Å². The molecule has 0 aliphatic heterocycles. The zero-order valence-corrected chi connectivity index (χ0v) is 14.5. The Morgan fingerprint density at radius 3 is 2.57 bits per heavy atom. The van der Waals surface area contributed by atoms with Gasteiger partial charge in [0.05, 0.1) is 11.6 Å². The molecular formula is C19H22N2OS. The van der Waals surface area contributed by atoms with Gasteiger partial charge in [0.2, 0.25) is 5.91 Å². The van der Waals surface area contributed by atoms with Crippen molar-refractivity contribution in [2.24, 2.45) is 0 Å². The van der Waals surface area contributed by atoms with Crippen LogP contribution in [0.2, 0.25) is 0 Å². The second kappa shape index (κ2) is 8.50. The molecule has 0 unspecified atom stereocenters. The first-order valence-corrected chi connectivity index (χ1v) is 8.79. The van der Waals surface area contributed by atoms with Crippen LogP contribution in [0.25, 0.3) is 0 Å². The number of amides is 1. The first-order chi connectivity index (χ1) is 11.1. The van der Waals surface area contributed by atoms with Crippen LogP contribution in [0.15, 0.2) is 41.8 Å². The summed E-state index contributed by atoms with van der Waals surface area (Å²) in [6, 6.07) is 13.9. The average molecular weight is 326 g/mol. The molecule has 0 radical (unpaired) electrons. The van der Waals surface area contributed by atoms with Crippen molar-refractivity contribution >= 4 is 17.2 Å². The highest BCUT2D eigenvalue weighted by atomic mass is 32.1. The summed E-state index contributed by atoms with van der Waals surface area (Å²) in [6.07, 6.45) is 2.43. The third-order valence-electron chi connectivity index (χ3n) is 3.77. The molecule has 1 heterocycles. The zero-order chi connectivity index (χ0) is 16.7. The van der Waals surface area contributed by atoms with E-state index < -0.39 is 0 Å². The monoisotopic (exact) mass is 326 g/mol. The van der Waals surface area contributed by atoms with Gasteiger partial charge in [0.15, 0.2) is 0 Å². The molecule has 1 aromatic carbocycles. The van der Waals surface area contributed by atoms with Crippen LogP contribution in [-0.2, 0) is 17.8 Å². The smallest absolute Gasteiger partial charge is 0.223 e. The van der Waals surface area contributed by atoms with E-state index in [1.165, 1.54) is 4.88 Å². The molecule has 0 fully saturated rings. The molecule has 0 atom stereocenters. The molecule has 0 saturated carbocycles. The molecule has 0 saturated heterocycles. The van der Waals surface area contributed by atoms with Crippen molar-refractivity contribution in [2.45, 2.75) is 45.7 Å². The van der Waals surface area contributed by atoms with E-state index in [0.29, 0.717) is 18.5 Å². The van der Waals surface area contributed by atoms with E-state index in [2.05, 4.69) is 17.5 Å². The summed E-state index contributed by atoms with van der Waals surface area (Å²) in [4.78, 5) is 15.8. The van der Waals surface area contributed by atoms with Gasteiger partial charge in [-0.1, -0.05) is 18.2 Å². The van der Waals surface area contributed by atoms with Gasteiger partial charge in [-0.3, -0.25) is 4.79 Å². The maximum absolute atomic E-state index is 12.5. The van der Waals surface area contributed by atoms with Gasteiger partial charge in [-0.15, -0.1) is 11.3 Å². The Morgan fingerprint density at radius 1 is 1.26 bits per heavy atom. The molecule has 4 heteroatoms. The SMILES string of the molecule is CC(C)N(Cc1ccc(C#N)cc1)C(=O)CCCc1cccs1. The van der Waals surface area contributed by atoms with Crippen LogP contribution >= 0.6 is 11.3 Å². The Kier molecular flexibility index (Phi) is 6.37. The van der Waals surface area contributed by atoms with Crippen molar-refractivity contribution in [3.8, 4) is 6.07 Å². The van der Waals surface area contributed by atoms with Crippen molar-refractivity contribution in [3.05, 3.63) is 57.8 Å². The second-order valence-electron chi connectivity index (χ2n) is 5.86. The molecule has 2 aromatic rings. The maximum Gasteiger partial charge on any atom is 0.223 e. The van der Waals surface area contributed by atoms with E-state index in [4.69, 9.17) is 5.26 Å². The zero-order valence-electron chi connectivity index (χ0n) is 13.7. The highest BCUT2D eigenvalue weighted by Crippen LogP contribution is 2.15. The fourth-order valence-electron chi connectivity index (χ4n) is 2.45. The number of aryl methyl sites for hydroxylation is 1. The quantitative estimate of drug-likeness (QED) is 0.758. The van der Waals surface area contributed by atoms with E-state index in [0.717, 1.165) is 18.4 Å². The van der Waals surface area contributed by atoms with E-state index in [1.807, 2.05) is 36.9 Å². The molecule has 23 heavy (non-hydrogen) atoms. The van der Waals surface area contributed by atoms with Gasteiger partial charge in [-0.2, -0.15) is 5.26 Å². The molecule has 1 aromatic heterocycles. The summed E-state index contributed by atoms with van der Waals surface area (Å²) in [5, 5.41) is 10.9. The fourth-order valence-corrected chi connectivity index (χ4v) is 3.20. The van der Waals surface area contributed by atoms with Crippen molar-refractivity contribution < 1.29 is 4.79 Å². The molecule has 0 aliphatic rings. The van der Waals surface area contributed by atoms with Crippen molar-refractivity contribution in [1.29, 1.82) is 5.26 Å². The summed E-state index contributed by atoms with van der Waals surface area (Å²) in [5.74, 6) is 0.195. The third kappa shape index (κ3) is 5.22. The van der Waals surface area contributed by atoms with Crippen molar-refractivity contribution in [1.82, 2.24) is 4.90 Å². The van der Waals surface area contributed by atoms with Crippen LogP contribution in [0.1, 0.15) is 42.7 Å². The van der Waals surface area contributed by atoms with Crippen LogP contribution in [0.4, 0.5) is 0 Å². The van der Waals surface area contributed by atoms with E-state index in [9.17, 15) is 4.79 Å². The van der Waals surface area contributed by atoms with E-state index in [-0.39, 0.29) is 11.9 Å². The molecule has 0 aliphatic carbocycles. The lowest BCUT2D eigenvalue weighted by atomic mass is 10.1.